The van der Waals surface area contributed by atoms with Gasteiger partial charge in [0.1, 0.15) is 5.69 Å². The summed E-state index contributed by atoms with van der Waals surface area (Å²) >= 11 is 0. The van der Waals surface area contributed by atoms with Crippen LogP contribution in [0.5, 0.6) is 0 Å². The molecule has 1 aromatic heterocycles. The molecule has 0 aliphatic carbocycles. The summed E-state index contributed by atoms with van der Waals surface area (Å²) in [5, 5.41) is 4.82. The Morgan fingerprint density at radius 1 is 1.31 bits per heavy atom. The van der Waals surface area contributed by atoms with Gasteiger partial charge in [0.25, 0.3) is 0 Å². The van der Waals surface area contributed by atoms with Crippen molar-refractivity contribution in [1.82, 2.24) is 4.98 Å². The molecule has 13 heavy (non-hydrogen) atoms. The zero-order valence-electron chi connectivity index (χ0n) is 7.19. The number of hydrogen-bond acceptors (Lipinski definition) is 3. The molecule has 0 aliphatic heterocycles. The first kappa shape index (κ1) is 7.86. The van der Waals surface area contributed by atoms with E-state index in [1.165, 1.54) is 0 Å². The predicted molar refractivity (Wildman–Crippen MR) is 51.9 cm³/mol. The predicted octanol–water partition coefficient (Wildman–Crippen LogP) is 2.94. The minimum Gasteiger partial charge on any atom is -0.264 e. The van der Waals surface area contributed by atoms with Gasteiger partial charge >= 0.3 is 0 Å². The van der Waals surface area contributed by atoms with Gasteiger partial charge in [0.2, 0.25) is 0 Å². The molecule has 0 N–H and O–H groups in total. The minimum atomic E-state index is 0.491. The van der Waals surface area contributed by atoms with Crippen molar-refractivity contribution in [1.29, 1.82) is 0 Å². The lowest BCUT2D eigenvalue weighted by molar-refractivity contribution is 1.34. The van der Waals surface area contributed by atoms with Crippen LogP contribution in [0.1, 0.15) is 5.56 Å². The maximum absolute atomic E-state index is 10.6. The average molecular weight is 172 g/mol. The van der Waals surface area contributed by atoms with Crippen LogP contribution in [0.15, 0.2) is 35.8 Å². The molecule has 2 aromatic rings. The number of nitroso groups, excluding NO2 is 1. The molecule has 0 saturated heterocycles. The highest BCUT2D eigenvalue weighted by atomic mass is 16.3. The molecular weight excluding hydrogens is 164 g/mol. The number of hydrogen-bond donors (Lipinski definition) is 0. The highest BCUT2D eigenvalue weighted by Gasteiger charge is 2.03. The Balaban J connectivity index is 2.91. The van der Waals surface area contributed by atoms with Crippen molar-refractivity contribution in [3.05, 3.63) is 41.1 Å². The molecule has 0 fully saturated rings. The van der Waals surface area contributed by atoms with Crippen LogP contribution in [0.3, 0.4) is 0 Å². The Labute approximate surface area is 75.4 Å². The Hall–Kier alpha value is -1.77. The van der Waals surface area contributed by atoms with E-state index in [0.29, 0.717) is 5.69 Å². The maximum atomic E-state index is 10.6. The Morgan fingerprint density at radius 2 is 2.15 bits per heavy atom. The summed E-state index contributed by atoms with van der Waals surface area (Å²) < 4.78 is 0. The lowest BCUT2D eigenvalue weighted by atomic mass is 10.1. The molecule has 0 amide bonds. The average Bonchev–Trinajstić information content (AvgIpc) is 2.18. The summed E-state index contributed by atoms with van der Waals surface area (Å²) in [6.07, 6.45) is 3.37. The fourth-order valence-corrected chi connectivity index (χ4v) is 1.38. The first-order chi connectivity index (χ1) is 6.33. The lowest BCUT2D eigenvalue weighted by Gasteiger charge is -2.01. The van der Waals surface area contributed by atoms with Crippen LogP contribution in [0, 0.1) is 11.8 Å². The van der Waals surface area contributed by atoms with Crippen molar-refractivity contribution < 1.29 is 0 Å². The van der Waals surface area contributed by atoms with Gasteiger partial charge in [-0.15, -0.1) is 4.91 Å². The van der Waals surface area contributed by atoms with Gasteiger partial charge in [-0.25, -0.2) is 0 Å². The van der Waals surface area contributed by atoms with E-state index >= 15 is 0 Å². The third-order valence-electron chi connectivity index (χ3n) is 2.09. The second kappa shape index (κ2) is 2.94. The Bertz CT molecular complexity index is 465. The number of benzene rings is 1. The van der Waals surface area contributed by atoms with Crippen molar-refractivity contribution in [3.8, 4) is 0 Å². The molecule has 2 rings (SSSR count). The van der Waals surface area contributed by atoms with Crippen LogP contribution >= 0.6 is 0 Å². The number of aryl methyl sites for hydroxylation is 1. The van der Waals surface area contributed by atoms with E-state index in [0.717, 1.165) is 16.3 Å². The SMILES string of the molecule is Cc1ccc2ccncc2c1N=O. The highest BCUT2D eigenvalue weighted by molar-refractivity contribution is 5.93. The molecule has 3 nitrogen and oxygen atoms in total. The second-order valence-electron chi connectivity index (χ2n) is 2.92. The van der Waals surface area contributed by atoms with Crippen molar-refractivity contribution in [3.63, 3.8) is 0 Å². The van der Waals surface area contributed by atoms with Gasteiger partial charge in [0.15, 0.2) is 0 Å². The van der Waals surface area contributed by atoms with Crippen molar-refractivity contribution in [2.24, 2.45) is 5.18 Å². The van der Waals surface area contributed by atoms with Gasteiger partial charge in [-0.05, 0) is 29.1 Å². The number of fused-ring (bicyclic) bond motifs is 1. The molecule has 0 bridgehead atoms. The Kier molecular flexibility index (Phi) is 1.77. The zero-order valence-corrected chi connectivity index (χ0v) is 7.19. The third kappa shape index (κ3) is 1.18. The van der Waals surface area contributed by atoms with Crippen molar-refractivity contribution in [2.45, 2.75) is 6.92 Å². The summed E-state index contributed by atoms with van der Waals surface area (Å²) in [7, 11) is 0. The van der Waals surface area contributed by atoms with Gasteiger partial charge in [0, 0.05) is 17.8 Å². The lowest BCUT2D eigenvalue weighted by Crippen LogP contribution is -1.79. The van der Waals surface area contributed by atoms with Crippen molar-refractivity contribution >= 4 is 16.5 Å². The molecule has 0 spiro atoms. The quantitative estimate of drug-likeness (QED) is 0.620. The molecular formula is C10H8N2O. The van der Waals surface area contributed by atoms with Gasteiger partial charge in [-0.3, -0.25) is 4.98 Å². The van der Waals surface area contributed by atoms with Gasteiger partial charge in [-0.2, -0.15) is 0 Å². The van der Waals surface area contributed by atoms with Crippen LogP contribution in [0.4, 0.5) is 5.69 Å². The van der Waals surface area contributed by atoms with Crippen LogP contribution in [0.2, 0.25) is 0 Å². The molecule has 0 unspecified atom stereocenters. The Morgan fingerprint density at radius 3 is 2.92 bits per heavy atom. The topological polar surface area (TPSA) is 42.3 Å². The van der Waals surface area contributed by atoms with Crippen LogP contribution < -0.4 is 0 Å². The van der Waals surface area contributed by atoms with Crippen LogP contribution in [-0.4, -0.2) is 4.98 Å². The van der Waals surface area contributed by atoms with Crippen LogP contribution in [0.25, 0.3) is 10.8 Å². The smallest absolute Gasteiger partial charge is 0.120 e. The highest BCUT2D eigenvalue weighted by Crippen LogP contribution is 2.28. The summed E-state index contributed by atoms with van der Waals surface area (Å²) in [4.78, 5) is 14.5. The maximum Gasteiger partial charge on any atom is 0.120 e. The molecule has 1 aromatic carbocycles. The minimum absolute atomic E-state index is 0.491. The van der Waals surface area contributed by atoms with E-state index in [-0.39, 0.29) is 0 Å². The fraction of sp³-hybridized carbons (Fsp3) is 0.100. The van der Waals surface area contributed by atoms with Gasteiger partial charge < -0.3 is 0 Å². The normalized spacial score (nSPS) is 10.2. The summed E-state index contributed by atoms with van der Waals surface area (Å²) in [5.41, 5.74) is 1.38. The number of rotatable bonds is 1. The monoisotopic (exact) mass is 172 g/mol. The van der Waals surface area contributed by atoms with E-state index < -0.39 is 0 Å². The molecule has 0 saturated carbocycles. The van der Waals surface area contributed by atoms with Crippen molar-refractivity contribution in [2.75, 3.05) is 0 Å². The molecule has 0 atom stereocenters. The largest absolute Gasteiger partial charge is 0.264 e. The summed E-state index contributed by atoms with van der Waals surface area (Å²) in [6.45, 7) is 1.86. The van der Waals surface area contributed by atoms with Gasteiger partial charge in [0.05, 0.1) is 0 Å². The van der Waals surface area contributed by atoms with E-state index in [1.54, 1.807) is 12.4 Å². The number of pyridine rings is 1. The first-order valence-corrected chi connectivity index (χ1v) is 3.99. The second-order valence-corrected chi connectivity index (χ2v) is 2.92. The van der Waals surface area contributed by atoms with E-state index in [2.05, 4.69) is 10.2 Å². The molecule has 3 heteroatoms. The number of nitrogens with zero attached hydrogens (tertiary/aromatic N) is 2. The number of aromatic nitrogens is 1. The molecule has 0 radical (unpaired) electrons. The first-order valence-electron chi connectivity index (χ1n) is 3.99. The van der Waals surface area contributed by atoms with Crippen LogP contribution in [-0.2, 0) is 0 Å². The fourth-order valence-electron chi connectivity index (χ4n) is 1.38. The standard InChI is InChI=1S/C10H8N2O/c1-7-2-3-8-4-5-11-6-9(8)10(7)12-13/h2-6H,1H3. The summed E-state index contributed by atoms with van der Waals surface area (Å²) in [5.74, 6) is 0. The zero-order chi connectivity index (χ0) is 9.26. The van der Waals surface area contributed by atoms with E-state index in [4.69, 9.17) is 0 Å². The molecule has 64 valence electrons. The third-order valence-corrected chi connectivity index (χ3v) is 2.09. The molecule has 0 aliphatic rings. The molecule has 1 heterocycles. The van der Waals surface area contributed by atoms with Gasteiger partial charge in [-0.1, -0.05) is 12.1 Å². The summed E-state index contributed by atoms with van der Waals surface area (Å²) in [6, 6.07) is 5.71. The van der Waals surface area contributed by atoms with E-state index in [9.17, 15) is 4.91 Å². The van der Waals surface area contributed by atoms with E-state index in [1.807, 2.05) is 25.1 Å².